The van der Waals surface area contributed by atoms with Gasteiger partial charge in [0.1, 0.15) is 11.5 Å². The zero-order valence-electron chi connectivity index (χ0n) is 19.3. The Morgan fingerprint density at radius 3 is 2.31 bits per heavy atom. The van der Waals surface area contributed by atoms with Crippen LogP contribution in [0.2, 0.25) is 0 Å². The number of pyridine rings is 1. The maximum absolute atomic E-state index is 14.5. The second-order valence-electron chi connectivity index (χ2n) is 8.87. The number of aliphatic hydroxyl groups is 1. The zero-order valence-corrected chi connectivity index (χ0v) is 21.7. The smallest absolute Gasteiger partial charge is 0.201 e. The van der Waals surface area contributed by atoms with Gasteiger partial charge >= 0.3 is 0 Å². The van der Waals surface area contributed by atoms with Crippen molar-refractivity contribution in [2.45, 2.75) is 27.3 Å². The quantitative estimate of drug-likeness (QED) is 0.330. The standard InChI is InChI=1S/C29H22BrNO4S/c1-34-22-16-31-17-23-25(22)28(33)27(32)26(36-21-10-6-3-7-11-21)24(18-8-4-2-5-9-18)29(28,35-23)19-12-14-20(30)15-13-19/h2-17,24,26,33H,1H3/t24-,26-,28+,29+/m1/s1. The molecule has 0 bridgehead atoms. The van der Waals surface area contributed by atoms with E-state index in [2.05, 4.69) is 20.9 Å². The molecular formula is C29H22BrNO4S. The summed E-state index contributed by atoms with van der Waals surface area (Å²) in [5.41, 5.74) is -1.51. The average Bonchev–Trinajstić information content (AvgIpc) is 3.28. The van der Waals surface area contributed by atoms with Crippen molar-refractivity contribution in [3.05, 3.63) is 118 Å². The molecule has 5 nitrogen and oxygen atoms in total. The van der Waals surface area contributed by atoms with E-state index in [4.69, 9.17) is 9.47 Å². The highest BCUT2D eigenvalue weighted by molar-refractivity contribution is 9.10. The topological polar surface area (TPSA) is 68.7 Å². The summed E-state index contributed by atoms with van der Waals surface area (Å²) < 4.78 is 13.2. The number of ketones is 1. The highest BCUT2D eigenvalue weighted by Crippen LogP contribution is 2.68. The predicted molar refractivity (Wildman–Crippen MR) is 141 cm³/mol. The van der Waals surface area contributed by atoms with Crippen LogP contribution in [-0.4, -0.2) is 28.2 Å². The Morgan fingerprint density at radius 2 is 1.64 bits per heavy atom. The number of fused-ring (bicyclic) bond motifs is 3. The van der Waals surface area contributed by atoms with Crippen LogP contribution in [0.15, 0.2) is 107 Å². The van der Waals surface area contributed by atoms with Gasteiger partial charge in [-0.1, -0.05) is 76.6 Å². The van der Waals surface area contributed by atoms with Gasteiger partial charge in [-0.3, -0.25) is 9.78 Å². The monoisotopic (exact) mass is 559 g/mol. The summed E-state index contributed by atoms with van der Waals surface area (Å²) in [6.07, 6.45) is 3.06. The van der Waals surface area contributed by atoms with Gasteiger partial charge in [-0.05, 0) is 35.4 Å². The van der Waals surface area contributed by atoms with Gasteiger partial charge in [0.15, 0.2) is 11.4 Å². The first kappa shape index (κ1) is 23.3. The number of ether oxygens (including phenoxy) is 2. The fourth-order valence-electron chi connectivity index (χ4n) is 5.59. The minimum Gasteiger partial charge on any atom is -0.495 e. The molecule has 2 heterocycles. The van der Waals surface area contributed by atoms with Gasteiger partial charge in [0.25, 0.3) is 0 Å². The molecule has 3 aromatic carbocycles. The van der Waals surface area contributed by atoms with Crippen molar-refractivity contribution in [3.8, 4) is 11.5 Å². The summed E-state index contributed by atoms with van der Waals surface area (Å²) in [5, 5.41) is 12.1. The summed E-state index contributed by atoms with van der Waals surface area (Å²) in [4.78, 5) is 19.7. The first-order chi connectivity index (χ1) is 17.5. The Hall–Kier alpha value is -3.13. The molecule has 1 fully saturated rings. The van der Waals surface area contributed by atoms with Crippen LogP contribution >= 0.6 is 27.7 Å². The minimum atomic E-state index is -2.00. The number of hydrogen-bond acceptors (Lipinski definition) is 6. The van der Waals surface area contributed by atoms with Gasteiger partial charge in [-0.2, -0.15) is 0 Å². The number of rotatable bonds is 5. The number of nitrogens with zero attached hydrogens (tertiary/aromatic N) is 1. The van der Waals surface area contributed by atoms with Gasteiger partial charge in [0.05, 0.1) is 36.2 Å². The first-order valence-corrected chi connectivity index (χ1v) is 13.2. The normalized spacial score (nSPS) is 26.2. The fourth-order valence-corrected chi connectivity index (χ4v) is 7.23. The van der Waals surface area contributed by atoms with Gasteiger partial charge < -0.3 is 14.6 Å². The number of benzene rings is 3. The van der Waals surface area contributed by atoms with E-state index in [9.17, 15) is 9.90 Å². The average molecular weight is 560 g/mol. The minimum absolute atomic E-state index is 0.319. The van der Waals surface area contributed by atoms with E-state index in [-0.39, 0.29) is 5.78 Å². The number of halogens is 1. The lowest BCUT2D eigenvalue weighted by Gasteiger charge is -2.39. The lowest BCUT2D eigenvalue weighted by molar-refractivity contribution is -0.151. The Morgan fingerprint density at radius 1 is 0.972 bits per heavy atom. The van der Waals surface area contributed by atoms with Crippen molar-refractivity contribution < 1.29 is 19.4 Å². The molecule has 1 aliphatic carbocycles. The fraction of sp³-hybridized carbons (Fsp3) is 0.172. The van der Waals surface area contributed by atoms with Crippen molar-refractivity contribution in [2.75, 3.05) is 7.11 Å². The summed E-state index contributed by atoms with van der Waals surface area (Å²) in [6, 6.07) is 27.2. The lowest BCUT2D eigenvalue weighted by atomic mass is 9.71. The number of Topliss-reactive ketones (excluding diaryl/α,β-unsaturated/α-hetero) is 1. The summed E-state index contributed by atoms with van der Waals surface area (Å²) in [6.45, 7) is 0. The second kappa shape index (κ2) is 8.76. The van der Waals surface area contributed by atoms with E-state index < -0.39 is 22.4 Å². The third-order valence-corrected chi connectivity index (χ3v) is 8.87. The highest BCUT2D eigenvalue weighted by Gasteiger charge is 2.77. The molecule has 0 spiro atoms. The Kier molecular flexibility index (Phi) is 5.67. The van der Waals surface area contributed by atoms with Crippen molar-refractivity contribution in [1.82, 2.24) is 4.98 Å². The third kappa shape index (κ3) is 3.19. The molecule has 4 atom stereocenters. The van der Waals surface area contributed by atoms with Crippen LogP contribution in [0.3, 0.4) is 0 Å². The number of aromatic nitrogens is 1. The molecule has 1 aliphatic heterocycles. The molecule has 1 saturated carbocycles. The molecule has 0 saturated heterocycles. The molecule has 1 aromatic heterocycles. The summed E-state index contributed by atoms with van der Waals surface area (Å²) in [5.74, 6) is -0.173. The maximum Gasteiger partial charge on any atom is 0.201 e. The van der Waals surface area contributed by atoms with Gasteiger partial charge in [-0.25, -0.2) is 0 Å². The van der Waals surface area contributed by atoms with Crippen LogP contribution in [0.1, 0.15) is 22.6 Å². The van der Waals surface area contributed by atoms with E-state index in [0.717, 1.165) is 14.9 Å². The molecule has 6 rings (SSSR count). The molecule has 4 aromatic rings. The largest absolute Gasteiger partial charge is 0.495 e. The molecule has 1 N–H and O–H groups in total. The number of carbonyl (C=O) groups is 1. The molecule has 0 amide bonds. The number of thioether (sulfide) groups is 1. The zero-order chi connectivity index (χ0) is 24.9. The number of carbonyl (C=O) groups excluding carboxylic acids is 1. The first-order valence-electron chi connectivity index (χ1n) is 11.5. The van der Waals surface area contributed by atoms with Crippen molar-refractivity contribution in [3.63, 3.8) is 0 Å². The van der Waals surface area contributed by atoms with Crippen LogP contribution in [0.25, 0.3) is 0 Å². The summed E-state index contributed by atoms with van der Waals surface area (Å²) >= 11 is 4.96. The van der Waals surface area contributed by atoms with Gasteiger partial charge in [0.2, 0.25) is 5.60 Å². The third-order valence-electron chi connectivity index (χ3n) is 7.06. The molecule has 0 radical (unpaired) electrons. The summed E-state index contributed by atoms with van der Waals surface area (Å²) in [7, 11) is 1.50. The van der Waals surface area contributed by atoms with Crippen molar-refractivity contribution in [1.29, 1.82) is 0 Å². The second-order valence-corrected chi connectivity index (χ2v) is 11.0. The van der Waals surface area contributed by atoms with E-state index in [0.29, 0.717) is 22.6 Å². The van der Waals surface area contributed by atoms with Gasteiger partial charge in [-0.15, -0.1) is 11.8 Å². The van der Waals surface area contributed by atoms with E-state index >= 15 is 0 Å². The van der Waals surface area contributed by atoms with Crippen molar-refractivity contribution >= 4 is 33.5 Å². The Labute approximate surface area is 221 Å². The van der Waals surface area contributed by atoms with E-state index in [1.165, 1.54) is 25.1 Å². The molecule has 7 heteroatoms. The van der Waals surface area contributed by atoms with Crippen molar-refractivity contribution in [2.24, 2.45) is 0 Å². The van der Waals surface area contributed by atoms with Crippen LogP contribution in [0, 0.1) is 0 Å². The molecular weight excluding hydrogens is 538 g/mol. The van der Waals surface area contributed by atoms with Crippen LogP contribution in [0.4, 0.5) is 0 Å². The van der Waals surface area contributed by atoms with E-state index in [1.54, 1.807) is 6.20 Å². The number of methoxy groups -OCH3 is 1. The highest BCUT2D eigenvalue weighted by atomic mass is 79.9. The van der Waals surface area contributed by atoms with E-state index in [1.807, 2.05) is 84.9 Å². The Bertz CT molecular complexity index is 1430. The van der Waals surface area contributed by atoms with Gasteiger partial charge in [0, 0.05) is 9.37 Å². The molecule has 180 valence electrons. The number of hydrogen-bond donors (Lipinski definition) is 1. The molecule has 36 heavy (non-hydrogen) atoms. The predicted octanol–water partition coefficient (Wildman–Crippen LogP) is 5.86. The molecule has 2 aliphatic rings. The molecule has 0 unspecified atom stereocenters. The van der Waals surface area contributed by atoms with Crippen LogP contribution in [0.5, 0.6) is 11.5 Å². The van der Waals surface area contributed by atoms with Crippen LogP contribution in [-0.2, 0) is 16.0 Å². The lowest BCUT2D eigenvalue weighted by Crippen LogP contribution is -2.50. The van der Waals surface area contributed by atoms with Crippen LogP contribution < -0.4 is 9.47 Å². The Balaban J connectivity index is 1.67. The maximum atomic E-state index is 14.5. The SMILES string of the molecule is COc1cncc2c1[C@]1(O)C(=O)[C@H](Sc3ccccc3)[C@@H](c3ccccc3)[C@]1(c1ccc(Br)cc1)O2.